The molecule has 0 aliphatic heterocycles. The Morgan fingerprint density at radius 3 is 1.51 bits per heavy atom. The topological polar surface area (TPSA) is 38.0 Å². The maximum atomic E-state index is 12.2. The molecule has 5 heterocycles. The van der Waals surface area contributed by atoms with Gasteiger partial charge in [0.1, 0.15) is 6.07 Å². The van der Waals surface area contributed by atoms with E-state index >= 15 is 0 Å². The van der Waals surface area contributed by atoms with Gasteiger partial charge in [-0.25, -0.2) is 4.85 Å². The lowest BCUT2D eigenvalue weighted by atomic mass is 9.88. The van der Waals surface area contributed by atoms with Crippen LogP contribution in [0.1, 0.15) is 5.56 Å². The molecule has 4 nitrogen and oxygen atoms in total. The average Bonchev–Trinajstić information content (AvgIpc) is 4.29. The molecule has 7 heteroatoms. The van der Waals surface area contributed by atoms with Crippen molar-refractivity contribution in [2.75, 3.05) is 0 Å². The Kier molecular flexibility index (Phi) is 9.05. The van der Waals surface area contributed by atoms with Crippen LogP contribution in [0.5, 0.6) is 0 Å². The van der Waals surface area contributed by atoms with E-state index in [0.29, 0.717) is 16.8 Å². The Morgan fingerprint density at radius 1 is 0.373 bits per heavy atom. The minimum Gasteiger partial charge on any atom is -0.316 e. The van der Waals surface area contributed by atoms with Gasteiger partial charge in [-0.1, -0.05) is 188 Å². The van der Waals surface area contributed by atoms with Gasteiger partial charge in [-0.05, 0) is 52.6 Å². The molecule has 346 valence electrons. The van der Waals surface area contributed by atoms with E-state index in [1.54, 1.807) is 22.7 Å². The van der Waals surface area contributed by atoms with Gasteiger partial charge in [-0.15, -0.1) is 34.0 Å². The molecular weight excluding hydrogens is 969 g/mol. The van der Waals surface area contributed by atoms with E-state index in [4.69, 9.17) is 0 Å². The Hall–Kier alpha value is -9.34. The lowest BCUT2D eigenvalue weighted by Crippen LogP contribution is -2.08. The molecule has 0 amide bonds. The second-order valence-electron chi connectivity index (χ2n) is 19.2. The van der Waals surface area contributed by atoms with Crippen molar-refractivity contribution in [3.8, 4) is 50.8 Å². The van der Waals surface area contributed by atoms with Crippen LogP contribution in [0.25, 0.3) is 154 Å². The van der Waals surface area contributed by atoms with E-state index in [1.165, 1.54) is 62.2 Å². The summed E-state index contributed by atoms with van der Waals surface area (Å²) in [4.78, 5) is 4.68. The zero-order chi connectivity index (χ0) is 49.5. The second-order valence-corrected chi connectivity index (χ2v) is 22.3. The van der Waals surface area contributed by atoms with Crippen molar-refractivity contribution in [1.82, 2.24) is 9.13 Å². The van der Waals surface area contributed by atoms with Gasteiger partial charge < -0.3 is 9.13 Å². The molecule has 0 aliphatic rings. The monoisotopic (exact) mass is 1000 g/mol. The van der Waals surface area contributed by atoms with Crippen LogP contribution in [0.2, 0.25) is 0 Å². The summed E-state index contributed by atoms with van der Waals surface area (Å²) in [5.41, 5.74) is 12.0. The predicted octanol–water partition coefficient (Wildman–Crippen LogP) is 20.4. The summed E-state index contributed by atoms with van der Waals surface area (Å²) < 4.78 is 12.0. The molecule has 16 rings (SSSR count). The molecule has 0 radical (unpaired) electrons. The van der Waals surface area contributed by atoms with E-state index < -0.39 is 0 Å². The number of fused-ring (bicyclic) bond motifs is 18. The summed E-state index contributed by atoms with van der Waals surface area (Å²) in [5.74, 6) is 0. The van der Waals surface area contributed by atoms with Crippen LogP contribution in [-0.2, 0) is 0 Å². The van der Waals surface area contributed by atoms with Crippen LogP contribution in [-0.4, -0.2) is 9.13 Å². The van der Waals surface area contributed by atoms with Crippen LogP contribution in [0.4, 0.5) is 5.69 Å². The predicted molar refractivity (Wildman–Crippen MR) is 321 cm³/mol. The van der Waals surface area contributed by atoms with E-state index in [9.17, 15) is 11.8 Å². The van der Waals surface area contributed by atoms with Crippen molar-refractivity contribution < 1.29 is 0 Å². The van der Waals surface area contributed by atoms with Crippen LogP contribution in [0.15, 0.2) is 218 Å². The van der Waals surface area contributed by atoms with E-state index in [1.807, 2.05) is 35.6 Å². The first-order chi connectivity index (χ1) is 37.2. The summed E-state index contributed by atoms with van der Waals surface area (Å²) in [6, 6.07) is 80.6. The maximum absolute atomic E-state index is 12.2. The van der Waals surface area contributed by atoms with Crippen LogP contribution < -0.4 is 0 Å². The third-order valence-electron chi connectivity index (χ3n) is 15.4. The number of benzene rings is 11. The van der Waals surface area contributed by atoms with Gasteiger partial charge in [0.25, 0.3) is 0 Å². The zero-order valence-corrected chi connectivity index (χ0v) is 42.2. The molecular formula is C68H36N4S3. The summed E-state index contributed by atoms with van der Waals surface area (Å²) >= 11 is 5.45. The smallest absolute Gasteiger partial charge is 0.220 e. The molecule has 0 unspecified atom stereocenters. The summed E-state index contributed by atoms with van der Waals surface area (Å²) in [7, 11) is 0. The highest BCUT2D eigenvalue weighted by molar-refractivity contribution is 7.27. The van der Waals surface area contributed by atoms with Crippen molar-refractivity contribution in [2.24, 2.45) is 0 Å². The van der Waals surface area contributed by atoms with Crippen LogP contribution in [0.3, 0.4) is 0 Å². The molecule has 16 aromatic rings. The highest BCUT2D eigenvalue weighted by Crippen LogP contribution is 2.56. The first-order valence-corrected chi connectivity index (χ1v) is 27.4. The number of hydrogen-bond donors (Lipinski definition) is 0. The van der Waals surface area contributed by atoms with E-state index in [-0.39, 0.29) is 0 Å². The molecule has 75 heavy (non-hydrogen) atoms. The maximum Gasteiger partial charge on any atom is 0.220 e. The third-order valence-corrected chi connectivity index (χ3v) is 19.0. The van der Waals surface area contributed by atoms with Gasteiger partial charge in [-0.2, -0.15) is 5.26 Å². The molecule has 11 aromatic carbocycles. The quantitative estimate of drug-likeness (QED) is 0.158. The molecule has 0 spiro atoms. The van der Waals surface area contributed by atoms with Gasteiger partial charge in [-0.3, -0.25) is 0 Å². The fourth-order valence-corrected chi connectivity index (χ4v) is 16.1. The van der Waals surface area contributed by atoms with Gasteiger partial charge in [0.15, 0.2) is 0 Å². The number of hydrogen-bond acceptors (Lipinski definition) is 4. The first-order valence-electron chi connectivity index (χ1n) is 24.9. The molecule has 0 bridgehead atoms. The van der Waals surface area contributed by atoms with Crippen molar-refractivity contribution >= 4 is 144 Å². The number of nitrogens with zero attached hydrogens (tertiary/aromatic N) is 4. The molecule has 0 saturated heterocycles. The molecule has 0 N–H and O–H groups in total. The minimum absolute atomic E-state index is 0.427. The fraction of sp³-hybridized carbons (Fsp3) is 0. The molecule has 0 aliphatic carbocycles. The lowest BCUT2D eigenvalue weighted by molar-refractivity contribution is 1.14. The third kappa shape index (κ3) is 5.83. The van der Waals surface area contributed by atoms with Crippen molar-refractivity contribution in [2.45, 2.75) is 0 Å². The number of rotatable bonds is 5. The highest BCUT2D eigenvalue weighted by atomic mass is 32.1. The Bertz CT molecular complexity index is 5070. The fourth-order valence-electron chi connectivity index (χ4n) is 12.3. The molecule has 0 saturated carbocycles. The Labute approximate surface area is 441 Å². The number of thiophene rings is 3. The highest BCUT2D eigenvalue weighted by Gasteiger charge is 2.33. The van der Waals surface area contributed by atoms with E-state index in [2.05, 4.69) is 214 Å². The van der Waals surface area contributed by atoms with Crippen LogP contribution in [0, 0.1) is 17.9 Å². The number of aromatic nitrogens is 2. The summed E-state index contributed by atoms with van der Waals surface area (Å²) in [6.45, 7) is 9.56. The zero-order valence-electron chi connectivity index (χ0n) is 39.8. The summed E-state index contributed by atoms with van der Waals surface area (Å²) in [6.07, 6.45) is 0. The van der Waals surface area contributed by atoms with Crippen molar-refractivity contribution in [3.63, 3.8) is 0 Å². The van der Waals surface area contributed by atoms with Crippen LogP contribution >= 0.6 is 34.0 Å². The first kappa shape index (κ1) is 42.2. The minimum atomic E-state index is 0.427. The largest absolute Gasteiger partial charge is 0.316 e. The Balaban J connectivity index is 1.17. The van der Waals surface area contributed by atoms with Crippen molar-refractivity contribution in [3.05, 3.63) is 235 Å². The van der Waals surface area contributed by atoms with Crippen molar-refractivity contribution in [1.29, 1.82) is 5.26 Å². The van der Waals surface area contributed by atoms with Gasteiger partial charge in [0, 0.05) is 83.8 Å². The normalized spacial score (nSPS) is 12.0. The molecule has 5 aromatic heterocycles. The lowest BCUT2D eigenvalue weighted by Gasteiger charge is -2.26. The van der Waals surface area contributed by atoms with Gasteiger partial charge in [0.05, 0.1) is 55.0 Å². The molecule has 0 atom stereocenters. The van der Waals surface area contributed by atoms with Gasteiger partial charge >= 0.3 is 0 Å². The second kappa shape index (κ2) is 16.1. The molecule has 0 fully saturated rings. The van der Waals surface area contributed by atoms with E-state index in [0.717, 1.165) is 81.1 Å². The summed E-state index contributed by atoms with van der Waals surface area (Å²) in [5, 5.41) is 23.8. The average molecular weight is 1010 g/mol. The number of nitriles is 1. The Morgan fingerprint density at radius 2 is 0.893 bits per heavy atom. The standard InChI is InChI=1S/C68H36N4S3/c1-70-61-57(40-20-7-3-8-21-40)51(38-69)62(71-52-29-14-11-26-49(52)59-53(71)36-37-56-60(59)50-28-17-27-42(66(50)75-56)39-18-5-2-6-19-39)58(41-22-9-4-10-23-41)65(61)72-63-45(32-34-47-43-24-12-15-30-54(43)73-67(47)63)46-33-35-48-44-25-13-16-31-55(44)74-68(48)64(46)72/h2-37H. The number of para-hydroxylation sites is 1. The SMILES string of the molecule is [C-]#[N+]c1c(-c2ccccc2)c(C#N)c(-n2c3ccccc3c3c4c(ccc32)sc2c(-c3ccccc3)cccc24)c(-c2ccccc2)c1-n1c2c(ccc3c4ccccc4sc32)c2ccc3c4ccccc4sc3c21. The van der Waals surface area contributed by atoms with Gasteiger partial charge in [0.2, 0.25) is 5.69 Å².